The highest BCUT2D eigenvalue weighted by atomic mass is 35.5. The maximum atomic E-state index is 14.5. The molecule has 0 unspecified atom stereocenters. The molecule has 0 saturated heterocycles. The Hall–Kier alpha value is -4.74. The van der Waals surface area contributed by atoms with E-state index in [4.69, 9.17) is 25.8 Å². The van der Waals surface area contributed by atoms with Gasteiger partial charge in [0.05, 0.1) is 31.4 Å². The molecule has 4 rings (SSSR count). The van der Waals surface area contributed by atoms with Crippen molar-refractivity contribution in [2.45, 2.75) is 30.8 Å². The summed E-state index contributed by atoms with van der Waals surface area (Å²) in [6.07, 6.45) is 0.193. The first kappa shape index (κ1) is 35.1. The molecule has 4 aromatic rings. The molecule has 0 aromatic heterocycles. The number of amides is 2. The van der Waals surface area contributed by atoms with Gasteiger partial charge in [-0.25, -0.2) is 8.42 Å². The van der Waals surface area contributed by atoms with Crippen LogP contribution >= 0.6 is 11.6 Å². The normalized spacial score (nSPS) is 11.7. The fourth-order valence-electron chi connectivity index (χ4n) is 5.06. The average molecular weight is 680 g/mol. The number of halogens is 1. The number of ether oxygens (including phenoxy) is 3. The number of rotatable bonds is 15. The number of methoxy groups -OCH3 is 2. The molecule has 0 aliphatic heterocycles. The summed E-state index contributed by atoms with van der Waals surface area (Å²) in [6.45, 7) is 1.64. The predicted octanol–water partition coefficient (Wildman–Crippen LogP) is 5.34. The first-order valence-corrected chi connectivity index (χ1v) is 16.7. The molecule has 0 aliphatic rings. The highest BCUT2D eigenvalue weighted by Crippen LogP contribution is 2.33. The highest BCUT2D eigenvalue weighted by Gasteiger charge is 2.34. The van der Waals surface area contributed by atoms with Crippen LogP contribution in [-0.2, 0) is 32.6 Å². The number of hydrogen-bond acceptors (Lipinski definition) is 7. The van der Waals surface area contributed by atoms with E-state index in [2.05, 4.69) is 5.32 Å². The molecular weight excluding hydrogens is 642 g/mol. The van der Waals surface area contributed by atoms with Crippen LogP contribution in [0.5, 0.6) is 17.2 Å². The molecule has 0 fully saturated rings. The number of anilines is 1. The maximum absolute atomic E-state index is 14.5. The summed E-state index contributed by atoms with van der Waals surface area (Å²) in [4.78, 5) is 29.2. The number of benzene rings is 4. The smallest absolute Gasteiger partial charge is 0.264 e. The quantitative estimate of drug-likeness (QED) is 0.181. The summed E-state index contributed by atoms with van der Waals surface area (Å²) in [5.41, 5.74) is 1.72. The molecule has 0 radical (unpaired) electrons. The number of carbonyl (C=O) groups is 2. The summed E-state index contributed by atoms with van der Waals surface area (Å²) in [5.74, 6) is 0.0806. The molecular formula is C35H38ClN3O7S. The molecule has 0 saturated carbocycles. The van der Waals surface area contributed by atoms with Crippen molar-refractivity contribution in [1.82, 2.24) is 10.2 Å². The van der Waals surface area contributed by atoms with Crippen LogP contribution < -0.4 is 23.8 Å². The van der Waals surface area contributed by atoms with Gasteiger partial charge in [0.1, 0.15) is 18.3 Å². The lowest BCUT2D eigenvalue weighted by atomic mass is 10.0. The summed E-state index contributed by atoms with van der Waals surface area (Å²) < 4.78 is 45.9. The van der Waals surface area contributed by atoms with E-state index in [1.807, 2.05) is 37.3 Å². The molecule has 248 valence electrons. The number of hydrogen-bond donors (Lipinski definition) is 1. The Labute approximate surface area is 280 Å². The first-order valence-electron chi connectivity index (χ1n) is 14.9. The molecule has 1 N–H and O–H groups in total. The van der Waals surface area contributed by atoms with Gasteiger partial charge in [-0.15, -0.1) is 0 Å². The Morgan fingerprint density at radius 1 is 0.851 bits per heavy atom. The SMILES string of the molecule is CCOc1ccc(N(CC(=O)N(Cc2cccc(Cl)c2)[C@H](Cc2ccccc2)C(=O)NC)S(=O)(=O)c2ccc(OC)c(OC)c2)cc1. The van der Waals surface area contributed by atoms with Gasteiger partial charge in [-0.1, -0.05) is 54.1 Å². The van der Waals surface area contributed by atoms with Crippen LogP contribution in [0.4, 0.5) is 5.69 Å². The fourth-order valence-corrected chi connectivity index (χ4v) is 6.70. The van der Waals surface area contributed by atoms with E-state index in [9.17, 15) is 18.0 Å². The zero-order valence-corrected chi connectivity index (χ0v) is 28.3. The van der Waals surface area contributed by atoms with Gasteiger partial charge in [0, 0.05) is 31.1 Å². The van der Waals surface area contributed by atoms with Crippen LogP contribution in [0.25, 0.3) is 0 Å². The van der Waals surface area contributed by atoms with Crippen molar-refractivity contribution in [3.8, 4) is 17.2 Å². The third-order valence-corrected chi connectivity index (χ3v) is 9.42. The molecule has 12 heteroatoms. The van der Waals surface area contributed by atoms with Crippen LogP contribution in [0, 0.1) is 0 Å². The van der Waals surface area contributed by atoms with Gasteiger partial charge in [-0.2, -0.15) is 0 Å². The van der Waals surface area contributed by atoms with E-state index < -0.39 is 34.4 Å². The lowest BCUT2D eigenvalue weighted by molar-refractivity contribution is -0.139. The van der Waals surface area contributed by atoms with E-state index in [0.717, 1.165) is 9.87 Å². The summed E-state index contributed by atoms with van der Waals surface area (Å²) in [7, 11) is -0.0191. The number of likely N-dealkylation sites (N-methyl/N-ethyl adjacent to an activating group) is 1. The van der Waals surface area contributed by atoms with Crippen molar-refractivity contribution in [2.24, 2.45) is 0 Å². The van der Waals surface area contributed by atoms with Gasteiger partial charge >= 0.3 is 0 Å². The van der Waals surface area contributed by atoms with Gasteiger partial charge < -0.3 is 24.4 Å². The van der Waals surface area contributed by atoms with Crippen LogP contribution in [-0.4, -0.2) is 65.6 Å². The summed E-state index contributed by atoms with van der Waals surface area (Å²) in [6, 6.07) is 25.9. The van der Waals surface area contributed by atoms with Gasteiger partial charge in [-0.05, 0) is 66.6 Å². The van der Waals surface area contributed by atoms with Crippen LogP contribution in [0.15, 0.2) is 102 Å². The van der Waals surface area contributed by atoms with Gasteiger partial charge in [0.15, 0.2) is 11.5 Å². The second-order valence-electron chi connectivity index (χ2n) is 10.4. The van der Waals surface area contributed by atoms with Crippen molar-refractivity contribution in [3.05, 3.63) is 113 Å². The molecule has 0 bridgehead atoms. The van der Waals surface area contributed by atoms with Crippen molar-refractivity contribution in [2.75, 3.05) is 38.7 Å². The van der Waals surface area contributed by atoms with Crippen LogP contribution in [0.1, 0.15) is 18.1 Å². The zero-order valence-electron chi connectivity index (χ0n) is 26.7. The number of sulfonamides is 1. The summed E-state index contributed by atoms with van der Waals surface area (Å²) in [5, 5.41) is 3.13. The van der Waals surface area contributed by atoms with Gasteiger partial charge in [-0.3, -0.25) is 13.9 Å². The number of carbonyl (C=O) groups excluding carboxylic acids is 2. The number of nitrogens with zero attached hydrogens (tertiary/aromatic N) is 2. The van der Waals surface area contributed by atoms with E-state index in [1.165, 1.54) is 44.4 Å². The largest absolute Gasteiger partial charge is 0.494 e. The monoisotopic (exact) mass is 679 g/mol. The molecule has 0 heterocycles. The fraction of sp³-hybridized carbons (Fsp3) is 0.257. The second-order valence-corrected chi connectivity index (χ2v) is 12.7. The average Bonchev–Trinajstić information content (AvgIpc) is 3.08. The third kappa shape index (κ3) is 8.75. The third-order valence-electron chi connectivity index (χ3n) is 7.42. The predicted molar refractivity (Wildman–Crippen MR) is 182 cm³/mol. The van der Waals surface area contributed by atoms with E-state index >= 15 is 0 Å². The minimum atomic E-state index is -4.37. The van der Waals surface area contributed by atoms with Gasteiger partial charge in [0.2, 0.25) is 11.8 Å². The molecule has 10 nitrogen and oxygen atoms in total. The number of nitrogens with one attached hydrogen (secondary N) is 1. The van der Waals surface area contributed by atoms with Crippen molar-refractivity contribution < 1.29 is 32.2 Å². The maximum Gasteiger partial charge on any atom is 0.264 e. The van der Waals surface area contributed by atoms with E-state index in [1.54, 1.807) is 48.5 Å². The van der Waals surface area contributed by atoms with Crippen molar-refractivity contribution >= 4 is 39.1 Å². The highest BCUT2D eigenvalue weighted by molar-refractivity contribution is 7.92. The van der Waals surface area contributed by atoms with Gasteiger partial charge in [0.25, 0.3) is 10.0 Å². The minimum Gasteiger partial charge on any atom is -0.494 e. The lowest BCUT2D eigenvalue weighted by Gasteiger charge is -2.33. The van der Waals surface area contributed by atoms with Crippen LogP contribution in [0.3, 0.4) is 0 Å². The topological polar surface area (TPSA) is 114 Å². The van der Waals surface area contributed by atoms with Crippen molar-refractivity contribution in [3.63, 3.8) is 0 Å². The lowest BCUT2D eigenvalue weighted by Crippen LogP contribution is -2.53. The molecule has 0 aliphatic carbocycles. The molecule has 0 spiro atoms. The first-order chi connectivity index (χ1) is 22.6. The molecule has 2 amide bonds. The zero-order chi connectivity index (χ0) is 34.0. The Kier molecular flexibility index (Phi) is 12.1. The molecule has 47 heavy (non-hydrogen) atoms. The molecule has 4 aromatic carbocycles. The van der Waals surface area contributed by atoms with E-state index in [0.29, 0.717) is 28.7 Å². The Bertz CT molecular complexity index is 1770. The summed E-state index contributed by atoms with van der Waals surface area (Å²) >= 11 is 6.28. The Balaban J connectivity index is 1.82. The van der Waals surface area contributed by atoms with E-state index in [-0.39, 0.29) is 29.3 Å². The Morgan fingerprint density at radius 2 is 1.53 bits per heavy atom. The standard InChI is InChI=1S/C35H38ClN3O7S/c1-5-46-29-16-14-28(15-17-29)39(47(42,43)30-18-19-32(44-3)33(22-30)45-4)24-34(40)38(23-26-12-9-13-27(36)20-26)31(35(41)37-2)21-25-10-7-6-8-11-25/h6-20,22,31H,5,21,23-24H2,1-4H3,(H,37,41)/t31-/m1/s1. The minimum absolute atomic E-state index is 0.00215. The van der Waals surface area contributed by atoms with Crippen molar-refractivity contribution in [1.29, 1.82) is 0 Å². The second kappa shape index (κ2) is 16.2. The Morgan fingerprint density at radius 3 is 2.15 bits per heavy atom. The van der Waals surface area contributed by atoms with Crippen LogP contribution in [0.2, 0.25) is 5.02 Å². The molecule has 1 atom stereocenters.